The van der Waals surface area contributed by atoms with Gasteiger partial charge in [0.2, 0.25) is 0 Å². The lowest BCUT2D eigenvalue weighted by Crippen LogP contribution is -2.30. The summed E-state index contributed by atoms with van der Waals surface area (Å²) >= 11 is 0. The van der Waals surface area contributed by atoms with E-state index in [4.69, 9.17) is 9.15 Å². The van der Waals surface area contributed by atoms with E-state index in [1.54, 1.807) is 18.2 Å². The van der Waals surface area contributed by atoms with Gasteiger partial charge in [0.05, 0.1) is 10.9 Å². The van der Waals surface area contributed by atoms with Crippen LogP contribution in [0, 0.1) is 0 Å². The smallest absolute Gasteiger partial charge is 0.258 e. The summed E-state index contributed by atoms with van der Waals surface area (Å²) in [6.45, 7) is -0.0473. The van der Waals surface area contributed by atoms with Crippen molar-refractivity contribution in [3.05, 3.63) is 65.0 Å². The molecule has 1 aromatic heterocycles. The first-order chi connectivity index (χ1) is 12.2. The van der Waals surface area contributed by atoms with E-state index in [0.29, 0.717) is 28.3 Å². The van der Waals surface area contributed by atoms with E-state index in [0.717, 1.165) is 18.4 Å². The first-order valence-electron chi connectivity index (χ1n) is 8.24. The Morgan fingerprint density at radius 3 is 2.72 bits per heavy atom. The van der Waals surface area contributed by atoms with Crippen LogP contribution in [0.4, 0.5) is 0 Å². The molecule has 2 aromatic carbocycles. The predicted molar refractivity (Wildman–Crippen MR) is 94.6 cm³/mol. The van der Waals surface area contributed by atoms with E-state index in [1.165, 1.54) is 6.26 Å². The van der Waals surface area contributed by atoms with Gasteiger partial charge in [-0.1, -0.05) is 30.3 Å². The highest BCUT2D eigenvalue weighted by atomic mass is 16.5. The van der Waals surface area contributed by atoms with Crippen molar-refractivity contribution in [3.63, 3.8) is 0 Å². The lowest BCUT2D eigenvalue weighted by molar-refractivity contribution is -0.123. The van der Waals surface area contributed by atoms with Crippen molar-refractivity contribution < 1.29 is 13.9 Å². The largest absolute Gasteiger partial charge is 0.484 e. The molecule has 0 aliphatic heterocycles. The number of nitrogens with one attached hydrogen (secondary N) is 1. The third kappa shape index (κ3) is 3.40. The molecule has 0 atom stereocenters. The van der Waals surface area contributed by atoms with Crippen LogP contribution < -0.4 is 15.5 Å². The molecule has 0 saturated heterocycles. The summed E-state index contributed by atoms with van der Waals surface area (Å²) in [5.74, 6) is 0.359. The Hall–Kier alpha value is -3.08. The van der Waals surface area contributed by atoms with Gasteiger partial charge < -0.3 is 14.5 Å². The number of amides is 1. The number of hydrogen-bond donors (Lipinski definition) is 1. The van der Waals surface area contributed by atoms with Gasteiger partial charge in [-0.25, -0.2) is 0 Å². The number of ether oxygens (including phenoxy) is 1. The summed E-state index contributed by atoms with van der Waals surface area (Å²) in [6, 6.07) is 14.7. The summed E-state index contributed by atoms with van der Waals surface area (Å²) in [5, 5.41) is 3.34. The summed E-state index contributed by atoms with van der Waals surface area (Å²) in [7, 11) is 0. The third-order valence-corrected chi connectivity index (χ3v) is 4.14. The number of fused-ring (bicyclic) bond motifs is 1. The van der Waals surface area contributed by atoms with Crippen LogP contribution >= 0.6 is 0 Å². The lowest BCUT2D eigenvalue weighted by atomic mass is 10.1. The second kappa shape index (κ2) is 6.43. The molecule has 5 nitrogen and oxygen atoms in total. The van der Waals surface area contributed by atoms with Gasteiger partial charge in [0.25, 0.3) is 5.91 Å². The minimum atomic E-state index is -0.136. The standard InChI is InChI=1S/C20H17NO4/c22-19(21-14-6-7-14)12-24-15-8-9-16-18(10-15)25-11-17(20(16)23)13-4-2-1-3-5-13/h1-5,8-11,14H,6-7,12H2,(H,21,22). The molecule has 0 spiro atoms. The summed E-state index contributed by atoms with van der Waals surface area (Å²) < 4.78 is 11.1. The van der Waals surface area contributed by atoms with E-state index in [2.05, 4.69) is 5.32 Å². The number of carbonyl (C=O) groups excluding carboxylic acids is 1. The van der Waals surface area contributed by atoms with Gasteiger partial charge in [0.15, 0.2) is 12.0 Å². The van der Waals surface area contributed by atoms with Gasteiger partial charge in [-0.05, 0) is 30.5 Å². The molecule has 1 aliphatic carbocycles. The Labute approximate surface area is 144 Å². The Morgan fingerprint density at radius 2 is 1.96 bits per heavy atom. The van der Waals surface area contributed by atoms with Gasteiger partial charge in [0.1, 0.15) is 17.6 Å². The molecule has 1 heterocycles. The molecular weight excluding hydrogens is 318 g/mol. The molecule has 1 N–H and O–H groups in total. The van der Waals surface area contributed by atoms with Gasteiger partial charge in [-0.15, -0.1) is 0 Å². The highest BCUT2D eigenvalue weighted by Crippen LogP contribution is 2.23. The monoisotopic (exact) mass is 335 g/mol. The Balaban J connectivity index is 1.57. The Kier molecular flexibility index (Phi) is 3.98. The van der Waals surface area contributed by atoms with E-state index < -0.39 is 0 Å². The Morgan fingerprint density at radius 1 is 1.16 bits per heavy atom. The minimum Gasteiger partial charge on any atom is -0.484 e. The zero-order valence-electron chi connectivity index (χ0n) is 13.5. The quantitative estimate of drug-likeness (QED) is 0.778. The van der Waals surface area contributed by atoms with Crippen LogP contribution in [0.3, 0.4) is 0 Å². The molecule has 1 saturated carbocycles. The molecule has 1 amide bonds. The molecule has 25 heavy (non-hydrogen) atoms. The predicted octanol–water partition coefficient (Wildman–Crippen LogP) is 3.12. The molecule has 1 aliphatic rings. The van der Waals surface area contributed by atoms with Gasteiger partial charge in [-0.2, -0.15) is 0 Å². The van der Waals surface area contributed by atoms with E-state index >= 15 is 0 Å². The summed E-state index contributed by atoms with van der Waals surface area (Å²) in [5.41, 5.74) is 1.68. The average molecular weight is 335 g/mol. The van der Waals surface area contributed by atoms with Crippen molar-refractivity contribution in [3.8, 4) is 16.9 Å². The topological polar surface area (TPSA) is 68.5 Å². The van der Waals surface area contributed by atoms with Crippen LogP contribution in [0.2, 0.25) is 0 Å². The van der Waals surface area contributed by atoms with Gasteiger partial charge in [-0.3, -0.25) is 9.59 Å². The molecule has 4 rings (SSSR count). The number of carbonyl (C=O) groups is 1. The second-order valence-corrected chi connectivity index (χ2v) is 6.13. The minimum absolute atomic E-state index is 0.0473. The second-order valence-electron chi connectivity index (χ2n) is 6.13. The Bertz CT molecular complexity index is 974. The van der Waals surface area contributed by atoms with E-state index in [-0.39, 0.29) is 17.9 Å². The normalized spacial score (nSPS) is 13.6. The van der Waals surface area contributed by atoms with Crippen molar-refractivity contribution >= 4 is 16.9 Å². The molecule has 0 radical (unpaired) electrons. The number of rotatable bonds is 5. The van der Waals surface area contributed by atoms with Crippen LogP contribution in [-0.4, -0.2) is 18.6 Å². The third-order valence-electron chi connectivity index (χ3n) is 4.14. The van der Waals surface area contributed by atoms with Crippen molar-refractivity contribution in [2.24, 2.45) is 0 Å². The fraction of sp³-hybridized carbons (Fsp3) is 0.200. The zero-order chi connectivity index (χ0) is 17.2. The molecular formula is C20H17NO4. The summed E-state index contributed by atoms with van der Waals surface area (Å²) in [6.07, 6.45) is 3.54. The SMILES string of the molecule is O=C(COc1ccc2c(=O)c(-c3ccccc3)coc2c1)NC1CC1. The molecule has 0 unspecified atom stereocenters. The maximum Gasteiger partial charge on any atom is 0.258 e. The van der Waals surface area contributed by atoms with E-state index in [1.807, 2.05) is 30.3 Å². The van der Waals surface area contributed by atoms with Crippen LogP contribution in [0.15, 0.2) is 64.0 Å². The average Bonchev–Trinajstić information content (AvgIpc) is 3.45. The molecule has 1 fully saturated rings. The highest BCUT2D eigenvalue weighted by molar-refractivity contribution is 5.83. The first kappa shape index (κ1) is 15.4. The summed E-state index contributed by atoms with van der Waals surface area (Å²) in [4.78, 5) is 24.3. The number of benzene rings is 2. The van der Waals surface area contributed by atoms with Gasteiger partial charge in [0, 0.05) is 12.1 Å². The van der Waals surface area contributed by atoms with Crippen molar-refractivity contribution in [2.45, 2.75) is 18.9 Å². The first-order valence-corrected chi connectivity index (χ1v) is 8.24. The maximum absolute atomic E-state index is 12.7. The zero-order valence-corrected chi connectivity index (χ0v) is 13.5. The molecule has 126 valence electrons. The fourth-order valence-electron chi connectivity index (χ4n) is 2.66. The van der Waals surface area contributed by atoms with Crippen LogP contribution in [0.1, 0.15) is 12.8 Å². The van der Waals surface area contributed by atoms with Crippen LogP contribution in [0.25, 0.3) is 22.1 Å². The van der Waals surface area contributed by atoms with Gasteiger partial charge >= 0.3 is 0 Å². The van der Waals surface area contributed by atoms with Crippen LogP contribution in [0.5, 0.6) is 5.75 Å². The highest BCUT2D eigenvalue weighted by Gasteiger charge is 2.23. The molecule has 5 heteroatoms. The molecule has 3 aromatic rings. The van der Waals surface area contributed by atoms with Crippen molar-refractivity contribution in [1.29, 1.82) is 0 Å². The molecule has 0 bridgehead atoms. The van der Waals surface area contributed by atoms with Crippen LogP contribution in [-0.2, 0) is 4.79 Å². The van der Waals surface area contributed by atoms with Crippen molar-refractivity contribution in [2.75, 3.05) is 6.61 Å². The van der Waals surface area contributed by atoms with E-state index in [9.17, 15) is 9.59 Å². The number of hydrogen-bond acceptors (Lipinski definition) is 4. The lowest BCUT2D eigenvalue weighted by Gasteiger charge is -2.08. The maximum atomic E-state index is 12.7. The van der Waals surface area contributed by atoms with Crippen molar-refractivity contribution in [1.82, 2.24) is 5.32 Å². The fourth-order valence-corrected chi connectivity index (χ4v) is 2.66.